The number of benzene rings is 1. The van der Waals surface area contributed by atoms with Crippen LogP contribution in [-0.2, 0) is 0 Å². The predicted octanol–water partition coefficient (Wildman–Crippen LogP) is 5.77. The normalized spacial score (nSPS) is 12.3. The highest BCUT2D eigenvalue weighted by Crippen LogP contribution is 2.25. The van der Waals surface area contributed by atoms with E-state index in [1.165, 1.54) is 12.8 Å². The van der Waals surface area contributed by atoms with Gasteiger partial charge in [-0.1, -0.05) is 47.8 Å². The summed E-state index contributed by atoms with van der Waals surface area (Å²) in [4.78, 5) is 0. The SMILES string of the molecule is C=CCCCCCC(NCCC)c1ccc(Br)cc1F. The summed E-state index contributed by atoms with van der Waals surface area (Å²) in [6.45, 7) is 6.79. The van der Waals surface area contributed by atoms with Crippen molar-refractivity contribution in [3.05, 3.63) is 46.7 Å². The lowest BCUT2D eigenvalue weighted by Gasteiger charge is -2.20. The minimum atomic E-state index is -0.126. The van der Waals surface area contributed by atoms with E-state index in [4.69, 9.17) is 0 Å². The molecule has 0 heterocycles. The third kappa shape index (κ3) is 6.19. The van der Waals surface area contributed by atoms with Gasteiger partial charge in [0.15, 0.2) is 0 Å². The average Bonchev–Trinajstić information content (AvgIpc) is 2.43. The van der Waals surface area contributed by atoms with Crippen LogP contribution in [0.5, 0.6) is 0 Å². The summed E-state index contributed by atoms with van der Waals surface area (Å²) in [6.07, 6.45) is 8.54. The maximum absolute atomic E-state index is 14.1. The first kappa shape index (κ1) is 17.4. The number of halogens is 2. The van der Waals surface area contributed by atoms with Crippen LogP contribution in [0.15, 0.2) is 35.3 Å². The number of hydrogen-bond donors (Lipinski definition) is 1. The maximum Gasteiger partial charge on any atom is 0.129 e. The Bertz CT molecular complexity index is 406. The molecule has 0 amide bonds. The van der Waals surface area contributed by atoms with Crippen molar-refractivity contribution in [1.29, 1.82) is 0 Å². The molecule has 1 aromatic rings. The summed E-state index contributed by atoms with van der Waals surface area (Å²) >= 11 is 3.31. The number of unbranched alkanes of at least 4 members (excludes halogenated alkanes) is 3. The molecule has 1 rings (SSSR count). The molecule has 0 spiro atoms. The number of nitrogens with one attached hydrogen (secondary N) is 1. The topological polar surface area (TPSA) is 12.0 Å². The molecule has 1 unspecified atom stereocenters. The van der Waals surface area contributed by atoms with E-state index in [9.17, 15) is 4.39 Å². The van der Waals surface area contributed by atoms with Crippen LogP contribution in [0.3, 0.4) is 0 Å². The molecule has 0 saturated heterocycles. The van der Waals surface area contributed by atoms with Crippen LogP contribution in [0.25, 0.3) is 0 Å². The Hall–Kier alpha value is -0.670. The van der Waals surface area contributed by atoms with Gasteiger partial charge in [0.2, 0.25) is 0 Å². The Balaban J connectivity index is 2.60. The van der Waals surface area contributed by atoms with E-state index in [0.29, 0.717) is 0 Å². The molecule has 0 saturated carbocycles. The van der Waals surface area contributed by atoms with Gasteiger partial charge in [0, 0.05) is 16.1 Å². The van der Waals surface area contributed by atoms with Crippen molar-refractivity contribution in [2.75, 3.05) is 6.54 Å². The van der Waals surface area contributed by atoms with Crippen LogP contribution in [0.2, 0.25) is 0 Å². The molecular weight excluding hydrogens is 317 g/mol. The smallest absolute Gasteiger partial charge is 0.129 e. The second-order valence-corrected chi connectivity index (χ2v) is 6.01. The zero-order valence-corrected chi connectivity index (χ0v) is 13.9. The Morgan fingerprint density at radius 1 is 1.35 bits per heavy atom. The van der Waals surface area contributed by atoms with Gasteiger partial charge in [0.05, 0.1) is 0 Å². The molecule has 0 radical (unpaired) electrons. The van der Waals surface area contributed by atoms with E-state index >= 15 is 0 Å². The molecular formula is C17H25BrFN. The van der Waals surface area contributed by atoms with E-state index in [-0.39, 0.29) is 11.9 Å². The maximum atomic E-state index is 14.1. The third-order valence-corrected chi connectivity index (χ3v) is 3.87. The predicted molar refractivity (Wildman–Crippen MR) is 88.4 cm³/mol. The van der Waals surface area contributed by atoms with Gasteiger partial charge < -0.3 is 5.32 Å². The second-order valence-electron chi connectivity index (χ2n) is 5.10. The van der Waals surface area contributed by atoms with Crippen LogP contribution in [0, 0.1) is 5.82 Å². The van der Waals surface area contributed by atoms with Gasteiger partial charge in [-0.05, 0) is 44.4 Å². The minimum absolute atomic E-state index is 0.117. The zero-order valence-electron chi connectivity index (χ0n) is 12.3. The molecule has 1 nitrogen and oxygen atoms in total. The van der Waals surface area contributed by atoms with Crippen molar-refractivity contribution in [3.63, 3.8) is 0 Å². The van der Waals surface area contributed by atoms with Crippen molar-refractivity contribution >= 4 is 15.9 Å². The van der Waals surface area contributed by atoms with Crippen LogP contribution >= 0.6 is 15.9 Å². The average molecular weight is 342 g/mol. The van der Waals surface area contributed by atoms with Crippen LogP contribution in [-0.4, -0.2) is 6.54 Å². The van der Waals surface area contributed by atoms with E-state index in [1.807, 2.05) is 18.2 Å². The molecule has 0 fully saturated rings. The van der Waals surface area contributed by atoms with Gasteiger partial charge in [0.25, 0.3) is 0 Å². The lowest BCUT2D eigenvalue weighted by Crippen LogP contribution is -2.23. The molecule has 1 atom stereocenters. The fourth-order valence-corrected chi connectivity index (χ4v) is 2.62. The van der Waals surface area contributed by atoms with E-state index in [0.717, 1.165) is 42.3 Å². The summed E-state index contributed by atoms with van der Waals surface area (Å²) in [5, 5.41) is 3.46. The van der Waals surface area contributed by atoms with E-state index in [2.05, 4.69) is 34.7 Å². The Kier molecular flexibility index (Phi) is 8.79. The van der Waals surface area contributed by atoms with Crippen molar-refractivity contribution in [1.82, 2.24) is 5.32 Å². The second kappa shape index (κ2) is 10.1. The highest BCUT2D eigenvalue weighted by atomic mass is 79.9. The monoisotopic (exact) mass is 341 g/mol. The molecule has 0 aliphatic heterocycles. The summed E-state index contributed by atoms with van der Waals surface area (Å²) in [6, 6.07) is 5.47. The molecule has 112 valence electrons. The van der Waals surface area contributed by atoms with Gasteiger partial charge in [0.1, 0.15) is 5.82 Å². The first-order valence-electron chi connectivity index (χ1n) is 7.48. The molecule has 1 N–H and O–H groups in total. The van der Waals surface area contributed by atoms with Gasteiger partial charge in [-0.25, -0.2) is 4.39 Å². The van der Waals surface area contributed by atoms with E-state index < -0.39 is 0 Å². The molecule has 20 heavy (non-hydrogen) atoms. The van der Waals surface area contributed by atoms with Crippen molar-refractivity contribution < 1.29 is 4.39 Å². The van der Waals surface area contributed by atoms with Gasteiger partial charge in [-0.2, -0.15) is 0 Å². The molecule has 1 aromatic carbocycles. The quantitative estimate of drug-likeness (QED) is 0.421. The molecule has 0 bridgehead atoms. The lowest BCUT2D eigenvalue weighted by atomic mass is 9.99. The Morgan fingerprint density at radius 2 is 2.15 bits per heavy atom. The molecule has 3 heteroatoms. The first-order valence-corrected chi connectivity index (χ1v) is 8.27. The third-order valence-electron chi connectivity index (χ3n) is 3.38. The fourth-order valence-electron chi connectivity index (χ4n) is 2.28. The summed E-state index contributed by atoms with van der Waals surface area (Å²) in [5.74, 6) is -0.126. The van der Waals surface area contributed by atoms with Crippen LogP contribution in [0.1, 0.15) is 57.1 Å². The first-order chi connectivity index (χ1) is 9.69. The van der Waals surface area contributed by atoms with Gasteiger partial charge in [-0.3, -0.25) is 0 Å². The van der Waals surface area contributed by atoms with Crippen molar-refractivity contribution in [3.8, 4) is 0 Å². The summed E-state index contributed by atoms with van der Waals surface area (Å²) in [7, 11) is 0. The van der Waals surface area contributed by atoms with Crippen molar-refractivity contribution in [2.24, 2.45) is 0 Å². The molecule has 0 aliphatic carbocycles. The van der Waals surface area contributed by atoms with Crippen LogP contribution < -0.4 is 5.32 Å². The van der Waals surface area contributed by atoms with Gasteiger partial charge >= 0.3 is 0 Å². The van der Waals surface area contributed by atoms with Crippen LogP contribution in [0.4, 0.5) is 4.39 Å². The number of allylic oxidation sites excluding steroid dienone is 1. The molecule has 0 aromatic heterocycles. The summed E-state index contributed by atoms with van der Waals surface area (Å²) in [5.41, 5.74) is 0.783. The minimum Gasteiger partial charge on any atom is -0.310 e. The highest BCUT2D eigenvalue weighted by Gasteiger charge is 2.14. The zero-order chi connectivity index (χ0) is 14.8. The Labute approximate surface area is 130 Å². The standard InChI is InChI=1S/C17H25BrFN/c1-3-5-6-7-8-9-17(20-12-4-2)15-11-10-14(18)13-16(15)19/h3,10-11,13,17,20H,1,4-9,12H2,2H3. The molecule has 0 aliphatic rings. The highest BCUT2D eigenvalue weighted by molar-refractivity contribution is 9.10. The van der Waals surface area contributed by atoms with E-state index in [1.54, 1.807) is 6.07 Å². The van der Waals surface area contributed by atoms with Crippen molar-refractivity contribution in [2.45, 2.75) is 51.5 Å². The Morgan fingerprint density at radius 3 is 2.80 bits per heavy atom. The fraction of sp³-hybridized carbons (Fsp3) is 0.529. The largest absolute Gasteiger partial charge is 0.310 e. The lowest BCUT2D eigenvalue weighted by molar-refractivity contribution is 0.452. The van der Waals surface area contributed by atoms with Gasteiger partial charge in [-0.15, -0.1) is 6.58 Å². The number of hydrogen-bond acceptors (Lipinski definition) is 1. The number of rotatable bonds is 10. The summed E-state index contributed by atoms with van der Waals surface area (Å²) < 4.78 is 14.9.